The second-order valence-corrected chi connectivity index (χ2v) is 5.59. The summed E-state index contributed by atoms with van der Waals surface area (Å²) in [6.45, 7) is 4.40. The van der Waals surface area contributed by atoms with Crippen LogP contribution in [0.5, 0.6) is 11.5 Å². The van der Waals surface area contributed by atoms with E-state index in [4.69, 9.17) is 9.47 Å². The SMILES string of the molecule is COc1ccc(CC(C)N[C@@H](C)c2ccccc2)cc1OC. The molecule has 0 spiro atoms. The summed E-state index contributed by atoms with van der Waals surface area (Å²) in [7, 11) is 3.32. The van der Waals surface area contributed by atoms with Crippen LogP contribution in [0.1, 0.15) is 31.0 Å². The van der Waals surface area contributed by atoms with Crippen LogP contribution in [0.15, 0.2) is 48.5 Å². The van der Waals surface area contributed by atoms with Gasteiger partial charge in [-0.2, -0.15) is 0 Å². The minimum Gasteiger partial charge on any atom is -0.493 e. The molecule has 0 saturated carbocycles. The maximum absolute atomic E-state index is 5.36. The molecule has 0 bridgehead atoms. The van der Waals surface area contributed by atoms with E-state index in [-0.39, 0.29) is 0 Å². The van der Waals surface area contributed by atoms with Gasteiger partial charge in [0.2, 0.25) is 0 Å². The highest BCUT2D eigenvalue weighted by Gasteiger charge is 2.11. The van der Waals surface area contributed by atoms with Gasteiger partial charge < -0.3 is 14.8 Å². The Morgan fingerprint density at radius 1 is 0.909 bits per heavy atom. The first-order chi connectivity index (χ1) is 10.6. The third-order valence-corrected chi connectivity index (χ3v) is 3.82. The van der Waals surface area contributed by atoms with E-state index < -0.39 is 0 Å². The van der Waals surface area contributed by atoms with Crippen LogP contribution in [0.25, 0.3) is 0 Å². The maximum atomic E-state index is 5.36. The first kappa shape index (κ1) is 16.4. The predicted octanol–water partition coefficient (Wildman–Crippen LogP) is 3.99. The van der Waals surface area contributed by atoms with Crippen LogP contribution < -0.4 is 14.8 Å². The molecule has 0 heterocycles. The van der Waals surface area contributed by atoms with E-state index in [9.17, 15) is 0 Å². The van der Waals surface area contributed by atoms with Gasteiger partial charge in [0.25, 0.3) is 0 Å². The summed E-state index contributed by atoms with van der Waals surface area (Å²) in [5, 5.41) is 3.64. The Labute approximate surface area is 133 Å². The molecular formula is C19H25NO2. The van der Waals surface area contributed by atoms with Gasteiger partial charge in [0, 0.05) is 12.1 Å². The number of hydrogen-bond acceptors (Lipinski definition) is 3. The molecule has 0 fully saturated rings. The molecule has 2 atom stereocenters. The lowest BCUT2D eigenvalue weighted by molar-refractivity contribution is 0.354. The van der Waals surface area contributed by atoms with E-state index in [2.05, 4.69) is 49.5 Å². The quantitative estimate of drug-likeness (QED) is 0.838. The van der Waals surface area contributed by atoms with E-state index in [1.807, 2.05) is 18.2 Å². The van der Waals surface area contributed by atoms with Gasteiger partial charge in [0.1, 0.15) is 0 Å². The van der Waals surface area contributed by atoms with Crippen molar-refractivity contribution in [2.24, 2.45) is 0 Å². The van der Waals surface area contributed by atoms with E-state index in [1.54, 1.807) is 14.2 Å². The number of hydrogen-bond donors (Lipinski definition) is 1. The van der Waals surface area contributed by atoms with Crippen LogP contribution in [0, 0.1) is 0 Å². The molecule has 22 heavy (non-hydrogen) atoms. The molecule has 0 aromatic heterocycles. The van der Waals surface area contributed by atoms with Crippen LogP contribution in [0.4, 0.5) is 0 Å². The number of methoxy groups -OCH3 is 2. The van der Waals surface area contributed by atoms with Crippen LogP contribution in [-0.2, 0) is 6.42 Å². The Kier molecular flexibility index (Phi) is 5.84. The average Bonchev–Trinajstić information content (AvgIpc) is 2.55. The fourth-order valence-corrected chi connectivity index (χ4v) is 2.68. The Balaban J connectivity index is 1.98. The lowest BCUT2D eigenvalue weighted by Gasteiger charge is -2.21. The lowest BCUT2D eigenvalue weighted by Crippen LogP contribution is -2.30. The van der Waals surface area contributed by atoms with E-state index in [1.165, 1.54) is 11.1 Å². The van der Waals surface area contributed by atoms with Crippen molar-refractivity contribution in [3.63, 3.8) is 0 Å². The first-order valence-electron chi connectivity index (χ1n) is 7.66. The van der Waals surface area contributed by atoms with E-state index in [0.717, 1.165) is 17.9 Å². The van der Waals surface area contributed by atoms with Crippen LogP contribution in [0.2, 0.25) is 0 Å². The van der Waals surface area contributed by atoms with Crippen molar-refractivity contribution in [1.29, 1.82) is 0 Å². The summed E-state index contributed by atoms with van der Waals surface area (Å²) in [4.78, 5) is 0. The highest BCUT2D eigenvalue weighted by atomic mass is 16.5. The van der Waals surface area contributed by atoms with Gasteiger partial charge in [0.15, 0.2) is 11.5 Å². The van der Waals surface area contributed by atoms with Gasteiger partial charge in [-0.15, -0.1) is 0 Å². The molecule has 2 aromatic carbocycles. The van der Waals surface area contributed by atoms with E-state index in [0.29, 0.717) is 12.1 Å². The molecule has 0 aliphatic heterocycles. The summed E-state index contributed by atoms with van der Waals surface area (Å²) >= 11 is 0. The molecule has 3 heteroatoms. The van der Waals surface area contributed by atoms with Crippen LogP contribution >= 0.6 is 0 Å². The summed E-state index contributed by atoms with van der Waals surface area (Å²) in [5.74, 6) is 1.55. The molecule has 2 rings (SSSR count). The minimum atomic E-state index is 0.330. The highest BCUT2D eigenvalue weighted by Crippen LogP contribution is 2.28. The molecule has 1 unspecified atom stereocenters. The Hall–Kier alpha value is -2.00. The molecular weight excluding hydrogens is 274 g/mol. The lowest BCUT2D eigenvalue weighted by atomic mass is 10.0. The van der Waals surface area contributed by atoms with Gasteiger partial charge in [-0.1, -0.05) is 36.4 Å². The fourth-order valence-electron chi connectivity index (χ4n) is 2.68. The minimum absolute atomic E-state index is 0.330. The second kappa shape index (κ2) is 7.85. The summed E-state index contributed by atoms with van der Waals surface area (Å²) in [6.07, 6.45) is 0.942. The Morgan fingerprint density at radius 2 is 1.59 bits per heavy atom. The second-order valence-electron chi connectivity index (χ2n) is 5.59. The number of rotatable bonds is 7. The summed E-state index contributed by atoms with van der Waals surface area (Å²) < 4.78 is 10.6. The molecule has 0 saturated heterocycles. The van der Waals surface area contributed by atoms with Gasteiger partial charge >= 0.3 is 0 Å². The van der Waals surface area contributed by atoms with Crippen molar-refractivity contribution in [3.8, 4) is 11.5 Å². The maximum Gasteiger partial charge on any atom is 0.160 e. The topological polar surface area (TPSA) is 30.5 Å². The third kappa shape index (κ3) is 4.25. The zero-order valence-corrected chi connectivity index (χ0v) is 13.8. The van der Waals surface area contributed by atoms with Crippen molar-refractivity contribution in [3.05, 3.63) is 59.7 Å². The van der Waals surface area contributed by atoms with Crippen molar-refractivity contribution in [2.45, 2.75) is 32.4 Å². The van der Waals surface area contributed by atoms with Gasteiger partial charge in [-0.05, 0) is 43.5 Å². The molecule has 1 N–H and O–H groups in total. The zero-order valence-electron chi connectivity index (χ0n) is 13.8. The standard InChI is InChI=1S/C19H25NO2/c1-14(20-15(2)17-8-6-5-7-9-17)12-16-10-11-18(21-3)19(13-16)22-4/h5-11,13-15,20H,12H2,1-4H3/t14?,15-/m0/s1. The number of benzene rings is 2. The molecule has 0 amide bonds. The van der Waals surface area contributed by atoms with Gasteiger partial charge in [-0.25, -0.2) is 0 Å². The first-order valence-corrected chi connectivity index (χ1v) is 7.66. The largest absolute Gasteiger partial charge is 0.493 e. The third-order valence-electron chi connectivity index (χ3n) is 3.82. The van der Waals surface area contributed by atoms with Crippen molar-refractivity contribution >= 4 is 0 Å². The smallest absolute Gasteiger partial charge is 0.160 e. The molecule has 0 aliphatic rings. The molecule has 3 nitrogen and oxygen atoms in total. The Bertz CT molecular complexity index is 583. The molecule has 2 aromatic rings. The van der Waals surface area contributed by atoms with Crippen molar-refractivity contribution in [1.82, 2.24) is 5.32 Å². The number of ether oxygens (including phenoxy) is 2. The molecule has 0 radical (unpaired) electrons. The Morgan fingerprint density at radius 3 is 2.23 bits per heavy atom. The van der Waals surface area contributed by atoms with E-state index >= 15 is 0 Å². The number of nitrogens with one attached hydrogen (secondary N) is 1. The summed E-state index contributed by atoms with van der Waals surface area (Å²) in [6, 6.07) is 17.3. The molecule has 0 aliphatic carbocycles. The normalized spacial score (nSPS) is 13.5. The predicted molar refractivity (Wildman–Crippen MR) is 90.7 cm³/mol. The van der Waals surface area contributed by atoms with Gasteiger partial charge in [0.05, 0.1) is 14.2 Å². The van der Waals surface area contributed by atoms with Crippen LogP contribution in [-0.4, -0.2) is 20.3 Å². The average molecular weight is 299 g/mol. The monoisotopic (exact) mass is 299 g/mol. The van der Waals surface area contributed by atoms with Crippen LogP contribution in [0.3, 0.4) is 0 Å². The van der Waals surface area contributed by atoms with Gasteiger partial charge in [-0.3, -0.25) is 0 Å². The summed E-state index contributed by atoms with van der Waals surface area (Å²) in [5.41, 5.74) is 2.54. The fraction of sp³-hybridized carbons (Fsp3) is 0.368. The highest BCUT2D eigenvalue weighted by molar-refractivity contribution is 5.43. The zero-order chi connectivity index (χ0) is 15.9. The van der Waals surface area contributed by atoms with Crippen molar-refractivity contribution < 1.29 is 9.47 Å². The molecule has 118 valence electrons. The van der Waals surface area contributed by atoms with Crippen molar-refractivity contribution in [2.75, 3.05) is 14.2 Å².